The van der Waals surface area contributed by atoms with Crippen molar-refractivity contribution < 1.29 is 9.53 Å². The van der Waals surface area contributed by atoms with Gasteiger partial charge < -0.3 is 10.1 Å². The average Bonchev–Trinajstić information content (AvgIpc) is 2.92. The first-order valence-electron chi connectivity index (χ1n) is 8.55. The van der Waals surface area contributed by atoms with Crippen LogP contribution in [-0.2, 0) is 4.79 Å². The maximum Gasteiger partial charge on any atom is 0.308 e. The van der Waals surface area contributed by atoms with Crippen LogP contribution in [0.5, 0.6) is 5.75 Å². The average molecular weight is 370 g/mol. The van der Waals surface area contributed by atoms with Crippen molar-refractivity contribution in [1.82, 2.24) is 4.57 Å². The molecule has 0 fully saturated rings. The molecule has 5 nitrogen and oxygen atoms in total. The Kier molecular flexibility index (Phi) is 5.13. The topological polar surface area (TPSA) is 60.3 Å². The smallest absolute Gasteiger partial charge is 0.308 e. The second kappa shape index (κ2) is 7.33. The molecular weight excluding hydrogens is 348 g/mol. The molecule has 0 spiro atoms. The first-order valence-corrected chi connectivity index (χ1v) is 9.36. The van der Waals surface area contributed by atoms with Gasteiger partial charge in [-0.1, -0.05) is 29.5 Å². The molecule has 0 aliphatic heterocycles. The number of thiazole rings is 1. The Morgan fingerprint density at radius 1 is 1.15 bits per heavy atom. The molecule has 3 rings (SSSR count). The molecule has 1 atom stereocenters. The van der Waals surface area contributed by atoms with Crippen LogP contribution in [0.3, 0.4) is 0 Å². The molecule has 1 N–H and O–H groups in total. The quantitative estimate of drug-likeness (QED) is 0.726. The largest absolute Gasteiger partial charge is 0.481 e. The van der Waals surface area contributed by atoms with Crippen LogP contribution >= 0.6 is 11.3 Å². The van der Waals surface area contributed by atoms with E-state index in [9.17, 15) is 9.59 Å². The number of aromatic nitrogens is 1. The summed E-state index contributed by atoms with van der Waals surface area (Å²) in [6.45, 7) is 7.62. The lowest BCUT2D eigenvalue weighted by atomic mass is 10.2. The molecule has 136 valence electrons. The van der Waals surface area contributed by atoms with Crippen LogP contribution in [-0.4, -0.2) is 16.6 Å². The lowest BCUT2D eigenvalue weighted by Crippen LogP contribution is -2.30. The van der Waals surface area contributed by atoms with Crippen LogP contribution in [0.1, 0.15) is 32.4 Å². The van der Waals surface area contributed by atoms with E-state index in [-0.39, 0.29) is 16.8 Å². The van der Waals surface area contributed by atoms with E-state index in [0.717, 1.165) is 15.8 Å². The molecule has 0 unspecified atom stereocenters. The van der Waals surface area contributed by atoms with Crippen LogP contribution in [0.4, 0.5) is 5.69 Å². The van der Waals surface area contributed by atoms with Gasteiger partial charge in [-0.15, -0.1) is 0 Å². The summed E-state index contributed by atoms with van der Waals surface area (Å²) in [5.74, 6) is 0.459. The van der Waals surface area contributed by atoms with Crippen molar-refractivity contribution in [3.63, 3.8) is 0 Å². The van der Waals surface area contributed by atoms with Gasteiger partial charge in [0.25, 0.3) is 5.91 Å². The normalized spacial score (nSPS) is 12.3. The Morgan fingerprint density at radius 2 is 1.88 bits per heavy atom. The minimum absolute atomic E-state index is 0.00901. The number of nitrogens with one attached hydrogen (secondary N) is 1. The van der Waals surface area contributed by atoms with E-state index in [1.165, 1.54) is 11.3 Å². The number of hydrogen-bond acceptors (Lipinski definition) is 4. The van der Waals surface area contributed by atoms with Crippen LogP contribution < -0.4 is 14.9 Å². The maximum absolute atomic E-state index is 12.4. The van der Waals surface area contributed by atoms with E-state index in [1.54, 1.807) is 11.5 Å². The second-order valence-electron chi connectivity index (χ2n) is 6.53. The molecule has 2 aromatic carbocycles. The number of para-hydroxylation sites is 1. The lowest BCUT2D eigenvalue weighted by Gasteiger charge is -2.16. The van der Waals surface area contributed by atoms with Crippen molar-refractivity contribution >= 4 is 33.1 Å². The SMILES string of the molecule is Cc1ccccc1O[C@@H](C)C(=O)Nc1ccc2c(c1)sc(=O)n2C(C)C. The van der Waals surface area contributed by atoms with Crippen LogP contribution in [0.15, 0.2) is 47.3 Å². The fraction of sp³-hybridized carbons (Fsp3) is 0.300. The number of anilines is 1. The van der Waals surface area contributed by atoms with Crippen molar-refractivity contribution in [3.05, 3.63) is 57.7 Å². The standard InChI is InChI=1S/C20H22N2O3S/c1-12(2)22-16-10-9-15(11-18(16)26-20(22)24)21-19(23)14(4)25-17-8-6-5-7-13(17)3/h5-12,14H,1-4H3,(H,21,23)/t14-/m0/s1. The monoisotopic (exact) mass is 370 g/mol. The summed E-state index contributed by atoms with van der Waals surface area (Å²) < 4.78 is 8.37. The Balaban J connectivity index is 1.77. The van der Waals surface area contributed by atoms with Crippen LogP contribution in [0.25, 0.3) is 10.2 Å². The van der Waals surface area contributed by atoms with Gasteiger partial charge in [0, 0.05) is 11.7 Å². The lowest BCUT2D eigenvalue weighted by molar-refractivity contribution is -0.122. The zero-order chi connectivity index (χ0) is 18.8. The molecule has 26 heavy (non-hydrogen) atoms. The summed E-state index contributed by atoms with van der Waals surface area (Å²) in [5, 5.41) is 2.86. The van der Waals surface area contributed by atoms with E-state index in [0.29, 0.717) is 11.4 Å². The van der Waals surface area contributed by atoms with Gasteiger partial charge in [-0.3, -0.25) is 14.2 Å². The predicted molar refractivity (Wildman–Crippen MR) is 106 cm³/mol. The van der Waals surface area contributed by atoms with Crippen molar-refractivity contribution in [2.45, 2.75) is 39.8 Å². The third-order valence-electron chi connectivity index (χ3n) is 4.16. The van der Waals surface area contributed by atoms with Gasteiger partial charge in [0.05, 0.1) is 10.2 Å². The van der Waals surface area contributed by atoms with Crippen molar-refractivity contribution in [2.24, 2.45) is 0 Å². The molecule has 6 heteroatoms. The molecule has 0 aliphatic rings. The van der Waals surface area contributed by atoms with Gasteiger partial charge in [-0.25, -0.2) is 0 Å². The number of carbonyl (C=O) groups is 1. The van der Waals surface area contributed by atoms with Crippen LogP contribution in [0.2, 0.25) is 0 Å². The van der Waals surface area contributed by atoms with Crippen molar-refractivity contribution in [3.8, 4) is 5.75 Å². The maximum atomic E-state index is 12.4. The molecule has 0 radical (unpaired) electrons. The number of aryl methyl sites for hydroxylation is 1. The zero-order valence-electron chi connectivity index (χ0n) is 15.3. The van der Waals surface area contributed by atoms with Gasteiger partial charge in [0.2, 0.25) is 0 Å². The predicted octanol–water partition coefficient (Wildman–Crippen LogP) is 4.36. The minimum Gasteiger partial charge on any atom is -0.481 e. The Hall–Kier alpha value is -2.60. The number of benzene rings is 2. The van der Waals surface area contributed by atoms with Crippen molar-refractivity contribution in [1.29, 1.82) is 0 Å². The van der Waals surface area contributed by atoms with E-state index < -0.39 is 6.10 Å². The summed E-state index contributed by atoms with van der Waals surface area (Å²) >= 11 is 1.19. The zero-order valence-corrected chi connectivity index (χ0v) is 16.1. The summed E-state index contributed by atoms with van der Waals surface area (Å²) in [5.41, 5.74) is 2.52. The highest BCUT2D eigenvalue weighted by Gasteiger charge is 2.17. The van der Waals surface area contributed by atoms with Gasteiger partial charge in [0.15, 0.2) is 6.10 Å². The molecule has 0 saturated carbocycles. The van der Waals surface area contributed by atoms with Crippen LogP contribution in [0, 0.1) is 6.92 Å². The first-order chi connectivity index (χ1) is 12.4. The number of nitrogens with zero attached hydrogens (tertiary/aromatic N) is 1. The number of hydrogen-bond donors (Lipinski definition) is 1. The molecule has 1 aromatic heterocycles. The Bertz CT molecular complexity index is 1000. The van der Waals surface area contributed by atoms with Crippen molar-refractivity contribution in [2.75, 3.05) is 5.32 Å². The summed E-state index contributed by atoms with van der Waals surface area (Å²) in [6, 6.07) is 13.2. The molecule has 0 saturated heterocycles. The summed E-state index contributed by atoms with van der Waals surface area (Å²) in [7, 11) is 0. The highest BCUT2D eigenvalue weighted by Crippen LogP contribution is 2.24. The number of fused-ring (bicyclic) bond motifs is 1. The number of ether oxygens (including phenoxy) is 1. The molecule has 0 bridgehead atoms. The Labute approximate surface area is 156 Å². The van der Waals surface area contributed by atoms with Gasteiger partial charge in [-0.2, -0.15) is 0 Å². The molecule has 1 amide bonds. The van der Waals surface area contributed by atoms with Gasteiger partial charge in [0.1, 0.15) is 5.75 Å². The molecule has 3 aromatic rings. The minimum atomic E-state index is -0.634. The van der Waals surface area contributed by atoms with E-state index in [4.69, 9.17) is 4.74 Å². The van der Waals surface area contributed by atoms with Gasteiger partial charge in [-0.05, 0) is 57.5 Å². The number of amides is 1. The molecule has 0 aliphatic carbocycles. The number of carbonyl (C=O) groups excluding carboxylic acids is 1. The molecule has 1 heterocycles. The van der Waals surface area contributed by atoms with E-state index >= 15 is 0 Å². The van der Waals surface area contributed by atoms with Gasteiger partial charge >= 0.3 is 4.87 Å². The third kappa shape index (κ3) is 3.65. The van der Waals surface area contributed by atoms with E-state index in [1.807, 2.05) is 63.2 Å². The highest BCUT2D eigenvalue weighted by atomic mass is 32.1. The Morgan fingerprint density at radius 3 is 2.58 bits per heavy atom. The summed E-state index contributed by atoms with van der Waals surface area (Å²) in [4.78, 5) is 24.6. The first kappa shape index (κ1) is 18.2. The molecular formula is C20H22N2O3S. The second-order valence-corrected chi connectivity index (χ2v) is 7.52. The fourth-order valence-corrected chi connectivity index (χ4v) is 3.83. The highest BCUT2D eigenvalue weighted by molar-refractivity contribution is 7.16. The summed E-state index contributed by atoms with van der Waals surface area (Å²) in [6.07, 6.45) is -0.634. The van der Waals surface area contributed by atoms with E-state index in [2.05, 4.69) is 5.32 Å². The number of rotatable bonds is 5. The fourth-order valence-electron chi connectivity index (χ4n) is 2.78. The third-order valence-corrected chi connectivity index (χ3v) is 5.08.